The molecule has 3 heteroatoms. The maximum atomic E-state index is 6.17. The van der Waals surface area contributed by atoms with Crippen LogP contribution in [0, 0.1) is 6.92 Å². The lowest BCUT2D eigenvalue weighted by atomic mass is 10.1. The molecule has 1 heterocycles. The Morgan fingerprint density at radius 1 is 1.31 bits per heavy atom. The predicted octanol–water partition coefficient (Wildman–Crippen LogP) is 4.91. The fourth-order valence-electron chi connectivity index (χ4n) is 1.89. The number of hydrogen-bond donors (Lipinski definition) is 0. The Hall–Kier alpha value is -0.600. The van der Waals surface area contributed by atoms with E-state index in [1.165, 1.54) is 0 Å². The zero-order valence-electron chi connectivity index (χ0n) is 9.35. The van der Waals surface area contributed by atoms with Crippen LogP contribution < -0.4 is 0 Å². The molecular formula is C13H13BrClN. The van der Waals surface area contributed by atoms with E-state index in [4.69, 9.17) is 11.6 Å². The quantitative estimate of drug-likeness (QED) is 0.718. The maximum Gasteiger partial charge on any atom is 0.132 e. The van der Waals surface area contributed by atoms with E-state index in [-0.39, 0.29) is 0 Å². The number of rotatable bonds is 2. The summed E-state index contributed by atoms with van der Waals surface area (Å²) in [6.45, 7) is 4.20. The van der Waals surface area contributed by atoms with Gasteiger partial charge in [0.05, 0.1) is 5.52 Å². The molecule has 1 nitrogen and oxygen atoms in total. The number of nitrogens with zero attached hydrogens (tertiary/aromatic N) is 1. The standard InChI is InChI=1S/C13H13BrClN/c1-3-4-9-6-10-7-11(14)5-8(2)12(10)16-13(9)15/h5-7H,3-4H2,1-2H3. The zero-order chi connectivity index (χ0) is 11.7. The number of halogens is 2. The largest absolute Gasteiger partial charge is 0.236 e. The van der Waals surface area contributed by atoms with E-state index < -0.39 is 0 Å². The molecule has 2 rings (SSSR count). The summed E-state index contributed by atoms with van der Waals surface area (Å²) in [5, 5.41) is 1.79. The first-order valence-electron chi connectivity index (χ1n) is 5.37. The van der Waals surface area contributed by atoms with Crippen molar-refractivity contribution in [3.63, 3.8) is 0 Å². The van der Waals surface area contributed by atoms with Gasteiger partial charge in [0.1, 0.15) is 5.15 Å². The number of hydrogen-bond acceptors (Lipinski definition) is 1. The molecule has 0 saturated heterocycles. The van der Waals surface area contributed by atoms with Crippen LogP contribution in [0.2, 0.25) is 5.15 Å². The normalized spacial score (nSPS) is 11.0. The van der Waals surface area contributed by atoms with Gasteiger partial charge in [-0.05, 0) is 42.7 Å². The summed E-state index contributed by atoms with van der Waals surface area (Å²) in [4.78, 5) is 4.48. The third-order valence-corrected chi connectivity index (χ3v) is 3.40. The number of aromatic nitrogens is 1. The van der Waals surface area contributed by atoms with Crippen LogP contribution in [0.1, 0.15) is 24.5 Å². The van der Waals surface area contributed by atoms with Crippen LogP contribution in [-0.2, 0) is 6.42 Å². The molecule has 0 atom stereocenters. The predicted molar refractivity (Wildman–Crippen MR) is 73.2 cm³/mol. The van der Waals surface area contributed by atoms with Gasteiger partial charge < -0.3 is 0 Å². The Morgan fingerprint density at radius 3 is 2.75 bits per heavy atom. The van der Waals surface area contributed by atoms with Gasteiger partial charge in [-0.3, -0.25) is 0 Å². The van der Waals surface area contributed by atoms with Crippen molar-refractivity contribution in [2.45, 2.75) is 26.7 Å². The van der Waals surface area contributed by atoms with Crippen molar-refractivity contribution in [3.8, 4) is 0 Å². The summed E-state index contributed by atoms with van der Waals surface area (Å²) < 4.78 is 1.09. The van der Waals surface area contributed by atoms with Gasteiger partial charge >= 0.3 is 0 Å². The Balaban J connectivity index is 2.69. The van der Waals surface area contributed by atoms with Crippen LogP contribution in [0.3, 0.4) is 0 Å². The summed E-state index contributed by atoms with van der Waals surface area (Å²) in [5.74, 6) is 0. The van der Waals surface area contributed by atoms with Gasteiger partial charge in [0.2, 0.25) is 0 Å². The molecule has 1 aromatic carbocycles. The molecule has 0 bridgehead atoms. The molecule has 0 unspecified atom stereocenters. The highest BCUT2D eigenvalue weighted by atomic mass is 79.9. The van der Waals surface area contributed by atoms with E-state index in [9.17, 15) is 0 Å². The van der Waals surface area contributed by atoms with E-state index in [1.807, 2.05) is 0 Å². The molecule has 84 valence electrons. The molecule has 0 saturated carbocycles. The van der Waals surface area contributed by atoms with Crippen molar-refractivity contribution >= 4 is 38.4 Å². The second kappa shape index (κ2) is 4.72. The molecular weight excluding hydrogens is 286 g/mol. The zero-order valence-corrected chi connectivity index (χ0v) is 11.7. The SMILES string of the molecule is CCCc1cc2cc(Br)cc(C)c2nc1Cl. The number of fused-ring (bicyclic) bond motifs is 1. The van der Waals surface area contributed by atoms with Crippen LogP contribution >= 0.6 is 27.5 Å². The topological polar surface area (TPSA) is 12.9 Å². The van der Waals surface area contributed by atoms with Crippen molar-refractivity contribution in [1.82, 2.24) is 4.98 Å². The first-order valence-corrected chi connectivity index (χ1v) is 6.54. The molecule has 0 N–H and O–H groups in total. The Kier molecular flexibility index (Phi) is 3.50. The Labute approximate surface area is 109 Å². The molecule has 0 amide bonds. The van der Waals surface area contributed by atoms with Crippen LogP contribution in [0.5, 0.6) is 0 Å². The van der Waals surface area contributed by atoms with Crippen molar-refractivity contribution in [2.75, 3.05) is 0 Å². The van der Waals surface area contributed by atoms with E-state index >= 15 is 0 Å². The van der Waals surface area contributed by atoms with Gasteiger partial charge in [0.25, 0.3) is 0 Å². The van der Waals surface area contributed by atoms with Crippen molar-refractivity contribution < 1.29 is 0 Å². The molecule has 2 aromatic rings. The Morgan fingerprint density at radius 2 is 2.06 bits per heavy atom. The van der Waals surface area contributed by atoms with Crippen LogP contribution in [0.4, 0.5) is 0 Å². The summed E-state index contributed by atoms with van der Waals surface area (Å²) in [6.07, 6.45) is 2.06. The van der Waals surface area contributed by atoms with Crippen molar-refractivity contribution in [2.24, 2.45) is 0 Å². The van der Waals surface area contributed by atoms with Crippen LogP contribution in [0.15, 0.2) is 22.7 Å². The lowest BCUT2D eigenvalue weighted by molar-refractivity contribution is 0.917. The highest BCUT2D eigenvalue weighted by Crippen LogP contribution is 2.27. The molecule has 0 radical (unpaired) electrons. The summed E-state index contributed by atoms with van der Waals surface area (Å²) in [6, 6.07) is 6.29. The van der Waals surface area contributed by atoms with E-state index in [0.717, 1.165) is 39.3 Å². The molecule has 0 aliphatic rings. The number of pyridine rings is 1. The first kappa shape index (κ1) is 11.9. The summed E-state index contributed by atoms with van der Waals surface area (Å²) in [7, 11) is 0. The van der Waals surface area contributed by atoms with Crippen LogP contribution in [0.25, 0.3) is 10.9 Å². The summed E-state index contributed by atoms with van der Waals surface area (Å²) in [5.41, 5.74) is 3.27. The van der Waals surface area contributed by atoms with E-state index in [1.54, 1.807) is 0 Å². The first-order chi connectivity index (χ1) is 7.61. The van der Waals surface area contributed by atoms with Crippen molar-refractivity contribution in [3.05, 3.63) is 39.0 Å². The van der Waals surface area contributed by atoms with Crippen molar-refractivity contribution in [1.29, 1.82) is 0 Å². The molecule has 0 aliphatic carbocycles. The van der Waals surface area contributed by atoms with Gasteiger partial charge in [0, 0.05) is 9.86 Å². The average molecular weight is 299 g/mol. The number of benzene rings is 1. The smallest absolute Gasteiger partial charge is 0.132 e. The third-order valence-electron chi connectivity index (χ3n) is 2.62. The molecule has 0 aliphatic heterocycles. The summed E-state index contributed by atoms with van der Waals surface area (Å²) >= 11 is 9.68. The van der Waals surface area contributed by atoms with Gasteiger partial charge in [-0.15, -0.1) is 0 Å². The monoisotopic (exact) mass is 297 g/mol. The molecule has 0 spiro atoms. The number of aryl methyl sites for hydroxylation is 2. The third kappa shape index (κ3) is 2.23. The fourth-order valence-corrected chi connectivity index (χ4v) is 2.71. The molecule has 1 aromatic heterocycles. The van der Waals surface area contributed by atoms with Gasteiger partial charge in [0.15, 0.2) is 0 Å². The minimum atomic E-state index is 0.639. The lowest BCUT2D eigenvalue weighted by Gasteiger charge is -2.07. The van der Waals surface area contributed by atoms with Gasteiger partial charge in [-0.2, -0.15) is 0 Å². The maximum absolute atomic E-state index is 6.17. The highest BCUT2D eigenvalue weighted by Gasteiger charge is 2.07. The Bertz CT molecular complexity index is 537. The van der Waals surface area contributed by atoms with E-state index in [2.05, 4.69) is 53.0 Å². The van der Waals surface area contributed by atoms with Crippen LogP contribution in [-0.4, -0.2) is 4.98 Å². The van der Waals surface area contributed by atoms with Gasteiger partial charge in [-0.25, -0.2) is 4.98 Å². The second-order valence-electron chi connectivity index (χ2n) is 3.98. The van der Waals surface area contributed by atoms with Gasteiger partial charge in [-0.1, -0.05) is 40.9 Å². The molecule has 0 fully saturated rings. The minimum Gasteiger partial charge on any atom is -0.236 e. The average Bonchev–Trinajstić information content (AvgIpc) is 2.21. The minimum absolute atomic E-state index is 0.639. The second-order valence-corrected chi connectivity index (χ2v) is 5.26. The lowest BCUT2D eigenvalue weighted by Crippen LogP contribution is -1.92. The fraction of sp³-hybridized carbons (Fsp3) is 0.308. The molecule has 16 heavy (non-hydrogen) atoms. The van der Waals surface area contributed by atoms with E-state index in [0.29, 0.717) is 5.15 Å². The highest BCUT2D eigenvalue weighted by molar-refractivity contribution is 9.10.